The Morgan fingerprint density at radius 3 is 2.67 bits per heavy atom. The molecule has 2 fully saturated rings. The third kappa shape index (κ3) is 2.76. The Labute approximate surface area is 162 Å². The van der Waals surface area contributed by atoms with Crippen LogP contribution in [0.1, 0.15) is 28.8 Å². The molecule has 3 aliphatic heterocycles. The van der Waals surface area contributed by atoms with E-state index in [0.29, 0.717) is 18.7 Å². The number of piperazine rings is 1. The molecule has 0 aromatic heterocycles. The number of ether oxygens (including phenoxy) is 1. The zero-order valence-corrected chi connectivity index (χ0v) is 15.6. The van der Waals surface area contributed by atoms with Crippen molar-refractivity contribution in [2.75, 3.05) is 24.6 Å². The van der Waals surface area contributed by atoms with Gasteiger partial charge in [0.05, 0.1) is 22.9 Å². The Morgan fingerprint density at radius 2 is 1.93 bits per heavy atom. The van der Waals surface area contributed by atoms with Gasteiger partial charge >= 0.3 is 0 Å². The van der Waals surface area contributed by atoms with E-state index in [1.807, 2.05) is 4.90 Å². The molecular formula is C21H20ClFN2O2. The van der Waals surface area contributed by atoms with Crippen molar-refractivity contribution in [2.24, 2.45) is 0 Å². The minimum absolute atomic E-state index is 0.119. The summed E-state index contributed by atoms with van der Waals surface area (Å²) in [6.07, 6.45) is 3.06. The number of fused-ring (bicyclic) bond motifs is 3. The molecule has 2 bridgehead atoms. The highest BCUT2D eigenvalue weighted by atomic mass is 35.5. The number of hydrogen-bond donors (Lipinski definition) is 0. The van der Waals surface area contributed by atoms with Gasteiger partial charge in [0.25, 0.3) is 5.91 Å². The summed E-state index contributed by atoms with van der Waals surface area (Å²) in [6.45, 7) is 2.03. The predicted octanol–water partition coefficient (Wildman–Crippen LogP) is 3.91. The van der Waals surface area contributed by atoms with Crippen molar-refractivity contribution >= 4 is 23.2 Å². The van der Waals surface area contributed by atoms with Crippen LogP contribution in [0.25, 0.3) is 0 Å². The summed E-state index contributed by atoms with van der Waals surface area (Å²) in [4.78, 5) is 17.3. The molecule has 27 heavy (non-hydrogen) atoms. The van der Waals surface area contributed by atoms with Gasteiger partial charge in [-0.1, -0.05) is 23.7 Å². The van der Waals surface area contributed by atoms with Crippen LogP contribution in [-0.4, -0.2) is 42.6 Å². The molecule has 3 heterocycles. The Hall–Kier alpha value is -2.27. The SMILES string of the molecule is O=C(c1ccc(F)cc1Cl)N1CC2CCC(C1)N2c1cccc2c1OCC2. The maximum absolute atomic E-state index is 13.3. The van der Waals surface area contributed by atoms with Gasteiger partial charge in [-0.2, -0.15) is 0 Å². The van der Waals surface area contributed by atoms with E-state index in [2.05, 4.69) is 23.1 Å². The maximum Gasteiger partial charge on any atom is 0.255 e. The first-order chi connectivity index (χ1) is 13.1. The fourth-order valence-corrected chi connectivity index (χ4v) is 4.94. The summed E-state index contributed by atoms with van der Waals surface area (Å²) in [6, 6.07) is 10.8. The number of carbonyl (C=O) groups is 1. The summed E-state index contributed by atoms with van der Waals surface area (Å²) in [5.41, 5.74) is 2.79. The van der Waals surface area contributed by atoms with E-state index < -0.39 is 5.82 Å². The van der Waals surface area contributed by atoms with Crippen LogP contribution in [0.3, 0.4) is 0 Å². The van der Waals surface area contributed by atoms with Gasteiger partial charge in [-0.05, 0) is 42.7 Å². The molecule has 0 saturated carbocycles. The molecule has 5 rings (SSSR count). The molecule has 2 saturated heterocycles. The quantitative estimate of drug-likeness (QED) is 0.784. The Morgan fingerprint density at radius 1 is 1.15 bits per heavy atom. The molecule has 2 unspecified atom stereocenters. The number of benzene rings is 2. The van der Waals surface area contributed by atoms with Crippen molar-refractivity contribution < 1.29 is 13.9 Å². The topological polar surface area (TPSA) is 32.8 Å². The lowest BCUT2D eigenvalue weighted by Crippen LogP contribution is -2.55. The largest absolute Gasteiger partial charge is 0.491 e. The Bertz CT molecular complexity index is 905. The second kappa shape index (κ2) is 6.41. The van der Waals surface area contributed by atoms with Gasteiger partial charge in [0.2, 0.25) is 0 Å². The third-order valence-corrected chi connectivity index (χ3v) is 6.22. The zero-order valence-electron chi connectivity index (χ0n) is 14.8. The van der Waals surface area contributed by atoms with E-state index in [1.54, 1.807) is 0 Å². The first-order valence-corrected chi connectivity index (χ1v) is 9.77. The zero-order chi connectivity index (χ0) is 18.5. The van der Waals surface area contributed by atoms with Gasteiger partial charge in [-0.15, -0.1) is 0 Å². The van der Waals surface area contributed by atoms with Crippen LogP contribution in [0.15, 0.2) is 36.4 Å². The normalized spacial score (nSPS) is 23.3. The summed E-state index contributed by atoms with van der Waals surface area (Å²) >= 11 is 6.11. The summed E-state index contributed by atoms with van der Waals surface area (Å²) < 4.78 is 19.2. The van der Waals surface area contributed by atoms with Gasteiger partial charge in [0, 0.05) is 31.6 Å². The van der Waals surface area contributed by atoms with Crippen LogP contribution in [0.4, 0.5) is 10.1 Å². The molecule has 0 N–H and O–H groups in total. The molecule has 2 aromatic carbocycles. The molecule has 0 aliphatic carbocycles. The number of rotatable bonds is 2. The highest BCUT2D eigenvalue weighted by Gasteiger charge is 2.43. The molecule has 2 aromatic rings. The van der Waals surface area contributed by atoms with E-state index >= 15 is 0 Å². The number of amides is 1. The first kappa shape index (κ1) is 16.9. The number of nitrogens with zero attached hydrogens (tertiary/aromatic N) is 2. The molecular weight excluding hydrogens is 367 g/mol. The van der Waals surface area contributed by atoms with E-state index in [9.17, 15) is 9.18 Å². The number of likely N-dealkylation sites (tertiary alicyclic amines) is 1. The van der Waals surface area contributed by atoms with Crippen LogP contribution in [0.5, 0.6) is 5.75 Å². The molecule has 4 nitrogen and oxygen atoms in total. The van der Waals surface area contributed by atoms with Crippen molar-refractivity contribution in [3.63, 3.8) is 0 Å². The molecule has 6 heteroatoms. The number of anilines is 1. The Kier molecular flexibility index (Phi) is 4.01. The third-order valence-electron chi connectivity index (χ3n) is 5.90. The van der Waals surface area contributed by atoms with Crippen LogP contribution in [0, 0.1) is 5.82 Å². The fraction of sp³-hybridized carbons (Fsp3) is 0.381. The maximum atomic E-state index is 13.3. The summed E-state index contributed by atoms with van der Waals surface area (Å²) in [5.74, 6) is 0.459. The summed E-state index contributed by atoms with van der Waals surface area (Å²) in [7, 11) is 0. The van der Waals surface area contributed by atoms with Crippen LogP contribution in [0.2, 0.25) is 5.02 Å². The van der Waals surface area contributed by atoms with Gasteiger partial charge in [-0.25, -0.2) is 4.39 Å². The molecule has 140 valence electrons. The highest BCUT2D eigenvalue weighted by molar-refractivity contribution is 6.33. The molecule has 3 aliphatic rings. The lowest BCUT2D eigenvalue weighted by molar-refractivity contribution is 0.0718. The lowest BCUT2D eigenvalue weighted by Gasteiger charge is -2.43. The number of carbonyl (C=O) groups excluding carboxylic acids is 1. The van der Waals surface area contributed by atoms with Crippen LogP contribution < -0.4 is 9.64 Å². The Balaban J connectivity index is 1.41. The van der Waals surface area contributed by atoms with E-state index in [1.165, 1.54) is 23.8 Å². The van der Waals surface area contributed by atoms with Gasteiger partial charge in [0.1, 0.15) is 11.6 Å². The van der Waals surface area contributed by atoms with Crippen molar-refractivity contribution in [3.8, 4) is 5.75 Å². The standard InChI is InChI=1S/C21H20ClFN2O2/c22-18-10-14(23)4-7-17(18)21(26)24-11-15-5-6-16(12-24)25(15)19-3-1-2-13-8-9-27-20(13)19/h1-4,7,10,15-16H,5-6,8-9,11-12H2. The van der Waals surface area contributed by atoms with E-state index in [0.717, 1.165) is 37.3 Å². The molecule has 1 amide bonds. The average molecular weight is 387 g/mol. The van der Waals surface area contributed by atoms with E-state index in [4.69, 9.17) is 16.3 Å². The predicted molar refractivity (Wildman–Crippen MR) is 102 cm³/mol. The van der Waals surface area contributed by atoms with Crippen LogP contribution in [-0.2, 0) is 6.42 Å². The number of para-hydroxylation sites is 1. The van der Waals surface area contributed by atoms with Gasteiger partial charge in [0.15, 0.2) is 0 Å². The van der Waals surface area contributed by atoms with Gasteiger partial charge in [-0.3, -0.25) is 4.79 Å². The second-order valence-electron chi connectivity index (χ2n) is 7.49. The molecule has 2 atom stereocenters. The average Bonchev–Trinajstić information content (AvgIpc) is 3.23. The van der Waals surface area contributed by atoms with Crippen molar-refractivity contribution in [3.05, 3.63) is 58.4 Å². The smallest absolute Gasteiger partial charge is 0.255 e. The first-order valence-electron chi connectivity index (χ1n) is 9.39. The van der Waals surface area contributed by atoms with Crippen LogP contribution >= 0.6 is 11.6 Å². The minimum Gasteiger partial charge on any atom is -0.491 e. The molecule has 0 radical (unpaired) electrons. The fourth-order valence-electron chi connectivity index (χ4n) is 4.70. The van der Waals surface area contributed by atoms with Crippen molar-refractivity contribution in [1.82, 2.24) is 4.90 Å². The summed E-state index contributed by atoms with van der Waals surface area (Å²) in [5, 5.41) is 0.170. The molecule has 0 spiro atoms. The van der Waals surface area contributed by atoms with Crippen molar-refractivity contribution in [1.29, 1.82) is 0 Å². The monoisotopic (exact) mass is 386 g/mol. The van der Waals surface area contributed by atoms with Gasteiger partial charge < -0.3 is 14.5 Å². The van der Waals surface area contributed by atoms with E-state index in [-0.39, 0.29) is 23.0 Å². The minimum atomic E-state index is -0.431. The highest BCUT2D eigenvalue weighted by Crippen LogP contribution is 2.43. The number of halogens is 2. The lowest BCUT2D eigenvalue weighted by atomic mass is 10.1. The van der Waals surface area contributed by atoms with Crippen molar-refractivity contribution in [2.45, 2.75) is 31.3 Å². The number of hydrogen-bond acceptors (Lipinski definition) is 3. The second-order valence-corrected chi connectivity index (χ2v) is 7.90.